The molecule has 0 bridgehead atoms. The second kappa shape index (κ2) is 6.60. The first-order chi connectivity index (χ1) is 10.7. The Kier molecular flexibility index (Phi) is 4.37. The number of imidazole rings is 1. The van der Waals surface area contributed by atoms with Crippen LogP contribution in [0.5, 0.6) is 0 Å². The van der Waals surface area contributed by atoms with Crippen molar-refractivity contribution in [3.8, 4) is 0 Å². The van der Waals surface area contributed by atoms with Crippen LogP contribution in [-0.2, 0) is 6.54 Å². The summed E-state index contributed by atoms with van der Waals surface area (Å²) in [5, 5.41) is 3.08. The molecule has 0 aliphatic carbocycles. The number of urea groups is 1. The van der Waals surface area contributed by atoms with Crippen LogP contribution in [0.2, 0.25) is 0 Å². The number of nitrogens with zero attached hydrogens (tertiary/aromatic N) is 4. The van der Waals surface area contributed by atoms with E-state index in [1.807, 2.05) is 34.7 Å². The fourth-order valence-corrected chi connectivity index (χ4v) is 2.99. The van der Waals surface area contributed by atoms with Crippen LogP contribution in [0.3, 0.4) is 0 Å². The Balaban J connectivity index is 1.61. The summed E-state index contributed by atoms with van der Waals surface area (Å²) < 4.78 is 1.97. The third kappa shape index (κ3) is 3.27. The van der Waals surface area contributed by atoms with Crippen molar-refractivity contribution in [1.29, 1.82) is 0 Å². The van der Waals surface area contributed by atoms with E-state index in [1.165, 1.54) is 0 Å². The van der Waals surface area contributed by atoms with Crippen molar-refractivity contribution in [1.82, 2.24) is 24.8 Å². The molecule has 2 aromatic heterocycles. The van der Waals surface area contributed by atoms with Gasteiger partial charge >= 0.3 is 6.03 Å². The average Bonchev–Trinajstić information content (AvgIpc) is 3.18. The van der Waals surface area contributed by atoms with E-state index in [0.717, 1.165) is 31.5 Å². The Morgan fingerprint density at radius 3 is 2.91 bits per heavy atom. The fraction of sp³-hybridized carbons (Fsp3) is 0.438. The summed E-state index contributed by atoms with van der Waals surface area (Å²) in [5.74, 6) is 0. The number of hydrogen-bond acceptors (Lipinski definition) is 3. The molecule has 3 rings (SSSR count). The van der Waals surface area contributed by atoms with Crippen molar-refractivity contribution in [2.75, 3.05) is 6.54 Å². The zero-order chi connectivity index (χ0) is 15.4. The molecule has 0 radical (unpaired) electrons. The number of carbonyl (C=O) groups is 1. The van der Waals surface area contributed by atoms with Crippen LogP contribution in [0.4, 0.5) is 4.79 Å². The van der Waals surface area contributed by atoms with Crippen LogP contribution in [0.1, 0.15) is 31.4 Å². The lowest BCUT2D eigenvalue weighted by atomic mass is 10.1. The number of amides is 2. The highest BCUT2D eigenvalue weighted by atomic mass is 16.2. The van der Waals surface area contributed by atoms with Gasteiger partial charge in [-0.1, -0.05) is 0 Å². The van der Waals surface area contributed by atoms with Crippen molar-refractivity contribution in [3.63, 3.8) is 0 Å². The Bertz CT molecular complexity index is 598. The van der Waals surface area contributed by atoms with E-state index in [-0.39, 0.29) is 18.1 Å². The Morgan fingerprint density at radius 2 is 2.18 bits per heavy atom. The van der Waals surface area contributed by atoms with Crippen molar-refractivity contribution >= 4 is 6.03 Å². The number of carbonyl (C=O) groups excluding carboxylic acids is 1. The van der Waals surface area contributed by atoms with E-state index >= 15 is 0 Å². The maximum Gasteiger partial charge on any atom is 0.318 e. The summed E-state index contributed by atoms with van der Waals surface area (Å²) in [6.45, 7) is 3.53. The molecule has 1 fully saturated rings. The minimum Gasteiger partial charge on any atom is -0.335 e. The van der Waals surface area contributed by atoms with Gasteiger partial charge in [0.1, 0.15) is 0 Å². The maximum atomic E-state index is 12.5. The van der Waals surface area contributed by atoms with Gasteiger partial charge in [-0.05, 0) is 37.5 Å². The molecule has 3 heterocycles. The molecule has 2 atom stereocenters. The summed E-state index contributed by atoms with van der Waals surface area (Å²) in [6, 6.07) is 4.20. The molecular formula is C16H21N5O. The quantitative estimate of drug-likeness (QED) is 0.941. The van der Waals surface area contributed by atoms with Crippen molar-refractivity contribution < 1.29 is 4.79 Å². The Morgan fingerprint density at radius 1 is 1.36 bits per heavy atom. The van der Waals surface area contributed by atoms with E-state index in [0.29, 0.717) is 0 Å². The molecule has 6 nitrogen and oxygen atoms in total. The molecule has 116 valence electrons. The molecule has 22 heavy (non-hydrogen) atoms. The van der Waals surface area contributed by atoms with Gasteiger partial charge in [0.05, 0.1) is 12.4 Å². The molecule has 2 amide bonds. The Hall–Kier alpha value is -2.37. The van der Waals surface area contributed by atoms with Gasteiger partial charge < -0.3 is 14.8 Å². The number of hydrogen-bond donors (Lipinski definition) is 1. The topological polar surface area (TPSA) is 63.1 Å². The first-order valence-electron chi connectivity index (χ1n) is 7.67. The van der Waals surface area contributed by atoms with E-state index in [9.17, 15) is 4.79 Å². The van der Waals surface area contributed by atoms with Gasteiger partial charge in [0.15, 0.2) is 0 Å². The molecule has 1 aliphatic heterocycles. The van der Waals surface area contributed by atoms with Crippen molar-refractivity contribution in [2.45, 2.75) is 38.4 Å². The van der Waals surface area contributed by atoms with Gasteiger partial charge in [-0.25, -0.2) is 9.78 Å². The molecular weight excluding hydrogens is 278 g/mol. The first-order valence-corrected chi connectivity index (χ1v) is 7.67. The highest BCUT2D eigenvalue weighted by molar-refractivity contribution is 5.75. The van der Waals surface area contributed by atoms with Gasteiger partial charge in [-0.2, -0.15) is 0 Å². The fourth-order valence-electron chi connectivity index (χ4n) is 2.99. The minimum absolute atomic E-state index is 0.00641. The molecule has 1 N–H and O–H groups in total. The second-order valence-electron chi connectivity index (χ2n) is 5.74. The standard InChI is InChI=1S/C16H21N5O/c1-13(11-20-10-8-18-12-20)19-16(22)21-9-2-3-15(21)14-4-6-17-7-5-14/h4-8,10,12-13,15H,2-3,9,11H2,1H3,(H,19,22)/t13-,15-/m0/s1. The highest BCUT2D eigenvalue weighted by Gasteiger charge is 2.30. The number of pyridine rings is 1. The zero-order valence-electron chi connectivity index (χ0n) is 12.7. The number of likely N-dealkylation sites (tertiary alicyclic amines) is 1. The van der Waals surface area contributed by atoms with Crippen LogP contribution in [0.15, 0.2) is 43.2 Å². The largest absolute Gasteiger partial charge is 0.335 e. The maximum absolute atomic E-state index is 12.5. The third-order valence-corrected chi connectivity index (χ3v) is 4.02. The summed E-state index contributed by atoms with van der Waals surface area (Å²) in [5.41, 5.74) is 1.16. The van der Waals surface area contributed by atoms with E-state index in [2.05, 4.69) is 15.3 Å². The second-order valence-corrected chi connectivity index (χ2v) is 5.74. The normalized spacial score (nSPS) is 19.1. The molecule has 0 unspecified atom stereocenters. The zero-order valence-corrected chi connectivity index (χ0v) is 12.7. The number of aromatic nitrogens is 3. The number of rotatable bonds is 4. The van der Waals surface area contributed by atoms with Gasteiger partial charge in [0.25, 0.3) is 0 Å². The smallest absolute Gasteiger partial charge is 0.318 e. The Labute approximate surface area is 130 Å². The number of nitrogens with one attached hydrogen (secondary N) is 1. The third-order valence-electron chi connectivity index (χ3n) is 4.02. The summed E-state index contributed by atoms with van der Waals surface area (Å²) in [6.07, 6.45) is 11.0. The first kappa shape index (κ1) is 14.6. The van der Waals surface area contributed by atoms with Crippen LogP contribution in [0, 0.1) is 0 Å². The van der Waals surface area contributed by atoms with Gasteiger partial charge in [0, 0.05) is 43.9 Å². The van der Waals surface area contributed by atoms with E-state index in [1.54, 1.807) is 24.9 Å². The lowest BCUT2D eigenvalue weighted by Crippen LogP contribution is -2.44. The predicted octanol–water partition coefficient (Wildman–Crippen LogP) is 2.21. The van der Waals surface area contributed by atoms with Crippen LogP contribution < -0.4 is 5.32 Å². The van der Waals surface area contributed by atoms with Crippen LogP contribution in [0.25, 0.3) is 0 Å². The molecule has 0 aromatic carbocycles. The van der Waals surface area contributed by atoms with Crippen LogP contribution >= 0.6 is 0 Å². The molecule has 0 saturated carbocycles. The minimum atomic E-state index is 0.00641. The average molecular weight is 299 g/mol. The monoisotopic (exact) mass is 299 g/mol. The van der Waals surface area contributed by atoms with E-state index < -0.39 is 0 Å². The predicted molar refractivity (Wildman–Crippen MR) is 83.1 cm³/mol. The summed E-state index contributed by atoms with van der Waals surface area (Å²) in [4.78, 5) is 22.5. The lowest BCUT2D eigenvalue weighted by molar-refractivity contribution is 0.188. The van der Waals surface area contributed by atoms with Crippen molar-refractivity contribution in [2.24, 2.45) is 0 Å². The molecule has 2 aromatic rings. The molecule has 1 aliphatic rings. The molecule has 1 saturated heterocycles. The van der Waals surface area contributed by atoms with Gasteiger partial charge in [-0.15, -0.1) is 0 Å². The van der Waals surface area contributed by atoms with Crippen molar-refractivity contribution in [3.05, 3.63) is 48.8 Å². The lowest BCUT2D eigenvalue weighted by Gasteiger charge is -2.27. The van der Waals surface area contributed by atoms with Gasteiger partial charge in [-0.3, -0.25) is 4.98 Å². The van der Waals surface area contributed by atoms with Crippen LogP contribution in [-0.4, -0.2) is 38.1 Å². The summed E-state index contributed by atoms with van der Waals surface area (Å²) in [7, 11) is 0. The molecule has 0 spiro atoms. The van der Waals surface area contributed by atoms with E-state index in [4.69, 9.17) is 0 Å². The van der Waals surface area contributed by atoms with Gasteiger partial charge in [0.2, 0.25) is 0 Å². The SMILES string of the molecule is C[C@@H](Cn1ccnc1)NC(=O)N1CCC[C@H]1c1ccncc1. The molecule has 6 heteroatoms. The summed E-state index contributed by atoms with van der Waals surface area (Å²) >= 11 is 0. The highest BCUT2D eigenvalue weighted by Crippen LogP contribution is 2.31.